The van der Waals surface area contributed by atoms with Crippen molar-refractivity contribution in [2.75, 3.05) is 34.9 Å². The number of methoxy groups -OCH3 is 2. The molecule has 0 radical (unpaired) electrons. The number of carbonyl (C=O) groups is 2. The number of nitrogens with zero attached hydrogens (tertiary/aromatic N) is 1. The summed E-state index contributed by atoms with van der Waals surface area (Å²) < 4.78 is 14.8. The molecule has 1 aromatic carbocycles. The zero-order valence-corrected chi connectivity index (χ0v) is 13.0. The molecule has 1 N–H and O–H groups in total. The van der Waals surface area contributed by atoms with Crippen molar-refractivity contribution in [3.63, 3.8) is 0 Å². The van der Waals surface area contributed by atoms with E-state index in [-0.39, 0.29) is 35.2 Å². The van der Waals surface area contributed by atoms with Crippen molar-refractivity contribution in [1.29, 1.82) is 0 Å². The van der Waals surface area contributed by atoms with Gasteiger partial charge in [0.25, 0.3) is 0 Å². The highest BCUT2D eigenvalue weighted by molar-refractivity contribution is 6.06. The van der Waals surface area contributed by atoms with E-state index in [9.17, 15) is 14.7 Å². The second-order valence-corrected chi connectivity index (χ2v) is 4.53. The summed E-state index contributed by atoms with van der Waals surface area (Å²) in [6.45, 7) is -0.333. The van der Waals surface area contributed by atoms with Gasteiger partial charge in [0.15, 0.2) is 23.9 Å². The Kier molecular flexibility index (Phi) is 6.25. The van der Waals surface area contributed by atoms with Crippen LogP contribution in [0.1, 0.15) is 10.4 Å². The van der Waals surface area contributed by atoms with Gasteiger partial charge in [0, 0.05) is 32.4 Å². The molecule has 0 atom stereocenters. The predicted octanol–water partition coefficient (Wildman–Crippen LogP) is 1.21. The summed E-state index contributed by atoms with van der Waals surface area (Å²) in [5.41, 5.74) is 0.0698. The first kappa shape index (κ1) is 17.4. The number of ether oxygens (including phenoxy) is 3. The number of carbonyl (C=O) groups excluding carboxylic acids is 2. The third-order valence-electron chi connectivity index (χ3n) is 2.64. The topological polar surface area (TPSA) is 85.3 Å². The molecule has 0 saturated heterocycles. The average molecular weight is 309 g/mol. The molecular weight excluding hydrogens is 290 g/mol. The Hall–Kier alpha value is -2.70. The van der Waals surface area contributed by atoms with Crippen molar-refractivity contribution in [2.45, 2.75) is 0 Å². The Labute approximate surface area is 128 Å². The number of hydrogen-bond donors (Lipinski definition) is 1. The van der Waals surface area contributed by atoms with Gasteiger partial charge in [-0.15, -0.1) is 0 Å². The van der Waals surface area contributed by atoms with Crippen molar-refractivity contribution in [2.24, 2.45) is 0 Å². The van der Waals surface area contributed by atoms with Gasteiger partial charge in [0.05, 0.1) is 19.8 Å². The molecule has 0 saturated carbocycles. The van der Waals surface area contributed by atoms with E-state index in [0.717, 1.165) is 0 Å². The Morgan fingerprint density at radius 1 is 1.23 bits per heavy atom. The minimum absolute atomic E-state index is 0.0698. The van der Waals surface area contributed by atoms with Gasteiger partial charge in [0.1, 0.15) is 5.75 Å². The Morgan fingerprint density at radius 2 is 1.91 bits per heavy atom. The van der Waals surface area contributed by atoms with E-state index >= 15 is 0 Å². The number of esters is 1. The van der Waals surface area contributed by atoms with E-state index in [1.54, 1.807) is 25.2 Å². The molecule has 120 valence electrons. The second-order valence-electron chi connectivity index (χ2n) is 4.53. The van der Waals surface area contributed by atoms with E-state index < -0.39 is 5.97 Å². The van der Waals surface area contributed by atoms with Crippen molar-refractivity contribution in [1.82, 2.24) is 4.90 Å². The minimum Gasteiger partial charge on any atom is -0.507 e. The first-order valence-corrected chi connectivity index (χ1v) is 6.38. The number of phenols is 1. The molecule has 1 aromatic rings. The molecule has 0 aliphatic carbocycles. The van der Waals surface area contributed by atoms with Crippen LogP contribution in [0.4, 0.5) is 0 Å². The minimum atomic E-state index is -0.574. The van der Waals surface area contributed by atoms with Gasteiger partial charge < -0.3 is 24.2 Å². The maximum absolute atomic E-state index is 12.0. The summed E-state index contributed by atoms with van der Waals surface area (Å²) >= 11 is 0. The van der Waals surface area contributed by atoms with E-state index in [0.29, 0.717) is 0 Å². The summed E-state index contributed by atoms with van der Waals surface area (Å²) in [6.07, 6.45) is 2.89. The summed E-state index contributed by atoms with van der Waals surface area (Å²) in [5.74, 6) is -0.865. The van der Waals surface area contributed by atoms with Gasteiger partial charge in [-0.3, -0.25) is 4.79 Å². The quantitative estimate of drug-likeness (QED) is 0.460. The summed E-state index contributed by atoms with van der Waals surface area (Å²) in [4.78, 5) is 24.8. The maximum Gasteiger partial charge on any atom is 0.343 e. The number of hydrogen-bond acceptors (Lipinski definition) is 7. The smallest absolute Gasteiger partial charge is 0.343 e. The molecule has 0 fully saturated rings. The normalized spacial score (nSPS) is 10.4. The van der Waals surface area contributed by atoms with Crippen LogP contribution < -0.4 is 9.47 Å². The molecule has 0 aliphatic heterocycles. The van der Waals surface area contributed by atoms with Crippen LogP contribution in [0, 0.1) is 0 Å². The third kappa shape index (κ3) is 4.69. The molecule has 7 nitrogen and oxygen atoms in total. The average Bonchev–Trinajstić information content (AvgIpc) is 2.50. The standard InChI is InChI=1S/C15H19NO6/c1-16(2)6-5-11(17)10-7-13(20-3)14(8-12(10)18)22-9-15(19)21-4/h5-8,18H,9H2,1-4H3/b6-5+. The van der Waals surface area contributed by atoms with Gasteiger partial charge in [0.2, 0.25) is 0 Å². The molecule has 0 amide bonds. The lowest BCUT2D eigenvalue weighted by Crippen LogP contribution is -2.13. The van der Waals surface area contributed by atoms with E-state index in [2.05, 4.69) is 4.74 Å². The Bertz CT molecular complexity index is 580. The molecule has 0 bridgehead atoms. The lowest BCUT2D eigenvalue weighted by Gasteiger charge is -2.12. The van der Waals surface area contributed by atoms with Crippen LogP contribution in [0.2, 0.25) is 0 Å². The zero-order valence-electron chi connectivity index (χ0n) is 13.0. The largest absolute Gasteiger partial charge is 0.507 e. The number of allylic oxidation sites excluding steroid dienone is 1. The first-order chi connectivity index (χ1) is 10.4. The van der Waals surface area contributed by atoms with Crippen LogP contribution in [0.15, 0.2) is 24.4 Å². The lowest BCUT2D eigenvalue weighted by atomic mass is 10.1. The van der Waals surface area contributed by atoms with Crippen LogP contribution in [0.25, 0.3) is 0 Å². The van der Waals surface area contributed by atoms with Crippen LogP contribution >= 0.6 is 0 Å². The number of rotatable bonds is 7. The summed E-state index contributed by atoms with van der Waals surface area (Å²) in [7, 11) is 6.17. The van der Waals surface area contributed by atoms with E-state index in [1.807, 2.05) is 0 Å². The molecule has 0 aromatic heterocycles. The fourth-order valence-electron chi connectivity index (χ4n) is 1.52. The first-order valence-electron chi connectivity index (χ1n) is 6.38. The van der Waals surface area contributed by atoms with Crippen molar-refractivity contribution in [3.05, 3.63) is 30.0 Å². The molecule has 0 heterocycles. The van der Waals surface area contributed by atoms with Crippen LogP contribution in [0.5, 0.6) is 17.2 Å². The molecule has 7 heteroatoms. The predicted molar refractivity (Wildman–Crippen MR) is 79.3 cm³/mol. The molecule has 22 heavy (non-hydrogen) atoms. The second kappa shape index (κ2) is 7.92. The van der Waals surface area contributed by atoms with Gasteiger partial charge >= 0.3 is 5.97 Å². The Morgan fingerprint density at radius 3 is 2.45 bits per heavy atom. The molecule has 0 unspecified atom stereocenters. The number of phenolic OH excluding ortho intramolecular Hbond substituents is 1. The van der Waals surface area contributed by atoms with Crippen molar-refractivity contribution in [3.8, 4) is 17.2 Å². The zero-order chi connectivity index (χ0) is 16.7. The van der Waals surface area contributed by atoms with E-state index in [1.165, 1.54) is 32.4 Å². The molecule has 0 spiro atoms. The van der Waals surface area contributed by atoms with Crippen molar-refractivity contribution >= 4 is 11.8 Å². The fraction of sp³-hybridized carbons (Fsp3) is 0.333. The molecule has 1 rings (SSSR count). The highest BCUT2D eigenvalue weighted by Gasteiger charge is 2.16. The third-order valence-corrected chi connectivity index (χ3v) is 2.64. The number of benzene rings is 1. The Balaban J connectivity index is 3.04. The lowest BCUT2D eigenvalue weighted by molar-refractivity contribution is -0.142. The molecule has 0 aliphatic rings. The van der Waals surface area contributed by atoms with Gasteiger partial charge in [-0.05, 0) is 6.07 Å². The monoisotopic (exact) mass is 309 g/mol. The highest BCUT2D eigenvalue weighted by atomic mass is 16.6. The van der Waals surface area contributed by atoms with E-state index in [4.69, 9.17) is 9.47 Å². The van der Waals surface area contributed by atoms with Crippen LogP contribution in [-0.2, 0) is 9.53 Å². The fourth-order valence-corrected chi connectivity index (χ4v) is 1.52. The van der Waals surface area contributed by atoms with Gasteiger partial charge in [-0.1, -0.05) is 0 Å². The highest BCUT2D eigenvalue weighted by Crippen LogP contribution is 2.34. The van der Waals surface area contributed by atoms with Gasteiger partial charge in [-0.2, -0.15) is 0 Å². The number of aromatic hydroxyl groups is 1. The summed E-state index contributed by atoms with van der Waals surface area (Å²) in [5, 5.41) is 9.95. The van der Waals surface area contributed by atoms with Crippen LogP contribution in [-0.4, -0.2) is 56.7 Å². The summed E-state index contributed by atoms with van der Waals surface area (Å²) in [6, 6.07) is 2.57. The number of ketones is 1. The maximum atomic E-state index is 12.0. The van der Waals surface area contributed by atoms with Crippen LogP contribution in [0.3, 0.4) is 0 Å². The van der Waals surface area contributed by atoms with Crippen molar-refractivity contribution < 1.29 is 28.9 Å². The van der Waals surface area contributed by atoms with Gasteiger partial charge in [-0.25, -0.2) is 4.79 Å². The SMILES string of the molecule is COC(=O)COc1cc(O)c(C(=O)/C=C/N(C)C)cc1OC. The molecular formula is C15H19NO6.